The maximum Gasteiger partial charge on any atom is 0.276 e. The first-order valence-corrected chi connectivity index (χ1v) is 7.09. The van der Waals surface area contributed by atoms with Gasteiger partial charge in [-0.3, -0.25) is 20.4 Å². The zero-order valence-corrected chi connectivity index (χ0v) is 13.2. The van der Waals surface area contributed by atoms with Gasteiger partial charge in [0.1, 0.15) is 5.75 Å². The Labute approximate surface area is 126 Å². The van der Waals surface area contributed by atoms with Crippen LogP contribution in [0, 0.1) is 5.41 Å². The van der Waals surface area contributed by atoms with Crippen LogP contribution in [-0.2, 0) is 16.0 Å². The van der Waals surface area contributed by atoms with Crippen molar-refractivity contribution in [1.29, 1.82) is 0 Å². The van der Waals surface area contributed by atoms with Crippen LogP contribution in [0.2, 0.25) is 0 Å². The standard InChI is InChI=1S/C16H24N2O3/c1-5-12-6-8-13(9-7-12)21-11-15(20)18-17-14(19)10-16(2,3)4/h6-9H,5,10-11H2,1-4H3,(H,17,19)(H,18,20). The van der Waals surface area contributed by atoms with Crippen LogP contribution in [0.5, 0.6) is 5.75 Å². The molecule has 0 heterocycles. The lowest BCUT2D eigenvalue weighted by Crippen LogP contribution is -2.44. The number of rotatable bonds is 5. The Hall–Kier alpha value is -2.04. The van der Waals surface area contributed by atoms with Gasteiger partial charge in [0.15, 0.2) is 6.61 Å². The van der Waals surface area contributed by atoms with E-state index in [9.17, 15) is 9.59 Å². The molecule has 0 fully saturated rings. The number of carbonyl (C=O) groups is 2. The van der Waals surface area contributed by atoms with E-state index < -0.39 is 5.91 Å². The molecule has 2 amide bonds. The highest BCUT2D eigenvalue weighted by molar-refractivity contribution is 5.82. The van der Waals surface area contributed by atoms with Crippen LogP contribution in [0.25, 0.3) is 0 Å². The molecule has 1 aromatic rings. The molecule has 0 saturated carbocycles. The van der Waals surface area contributed by atoms with Crippen LogP contribution in [0.1, 0.15) is 39.7 Å². The zero-order valence-electron chi connectivity index (χ0n) is 13.2. The summed E-state index contributed by atoms with van der Waals surface area (Å²) >= 11 is 0. The number of amides is 2. The van der Waals surface area contributed by atoms with Crippen LogP contribution in [-0.4, -0.2) is 18.4 Å². The molecule has 21 heavy (non-hydrogen) atoms. The minimum absolute atomic E-state index is 0.119. The quantitative estimate of drug-likeness (QED) is 0.818. The highest BCUT2D eigenvalue weighted by atomic mass is 16.5. The Bertz CT molecular complexity index is 475. The molecular weight excluding hydrogens is 268 g/mol. The number of hydrogen-bond acceptors (Lipinski definition) is 3. The molecular formula is C16H24N2O3. The molecule has 0 bridgehead atoms. The maximum atomic E-state index is 11.6. The largest absolute Gasteiger partial charge is 0.484 e. The van der Waals surface area contributed by atoms with Gasteiger partial charge in [0.05, 0.1) is 0 Å². The van der Waals surface area contributed by atoms with Gasteiger partial charge in [-0.2, -0.15) is 0 Å². The smallest absolute Gasteiger partial charge is 0.276 e. The molecule has 2 N–H and O–H groups in total. The molecule has 1 rings (SSSR count). The third-order valence-corrected chi connectivity index (χ3v) is 2.73. The summed E-state index contributed by atoms with van der Waals surface area (Å²) < 4.78 is 5.34. The molecule has 0 aromatic heterocycles. The highest BCUT2D eigenvalue weighted by Gasteiger charge is 2.16. The minimum atomic E-state index is -0.392. The second kappa shape index (κ2) is 7.67. The summed E-state index contributed by atoms with van der Waals surface area (Å²) in [5.41, 5.74) is 5.80. The molecule has 5 nitrogen and oxygen atoms in total. The molecule has 5 heteroatoms. The second-order valence-corrected chi connectivity index (χ2v) is 6.12. The Morgan fingerprint density at radius 2 is 1.62 bits per heavy atom. The summed E-state index contributed by atoms with van der Waals surface area (Å²) in [5.74, 6) is 0.0170. The third-order valence-electron chi connectivity index (χ3n) is 2.73. The number of aryl methyl sites for hydroxylation is 1. The van der Waals surface area contributed by atoms with Crippen molar-refractivity contribution in [3.8, 4) is 5.75 Å². The molecule has 0 aliphatic carbocycles. The fourth-order valence-electron chi connectivity index (χ4n) is 1.67. The average molecular weight is 292 g/mol. The number of benzene rings is 1. The van der Waals surface area contributed by atoms with Crippen LogP contribution < -0.4 is 15.6 Å². The van der Waals surface area contributed by atoms with E-state index in [4.69, 9.17) is 4.74 Å². The van der Waals surface area contributed by atoms with E-state index in [1.165, 1.54) is 5.56 Å². The van der Waals surface area contributed by atoms with Crippen molar-refractivity contribution in [3.63, 3.8) is 0 Å². The summed E-state index contributed by atoms with van der Waals surface area (Å²) in [5, 5.41) is 0. The highest BCUT2D eigenvalue weighted by Crippen LogP contribution is 2.17. The van der Waals surface area contributed by atoms with Crippen molar-refractivity contribution in [2.45, 2.75) is 40.5 Å². The molecule has 0 aliphatic rings. The van der Waals surface area contributed by atoms with E-state index in [-0.39, 0.29) is 17.9 Å². The predicted octanol–water partition coefficient (Wildman–Crippen LogP) is 2.21. The third kappa shape index (κ3) is 7.34. The molecule has 0 spiro atoms. The SMILES string of the molecule is CCc1ccc(OCC(=O)NNC(=O)CC(C)(C)C)cc1. The Kier molecular flexibility index (Phi) is 6.21. The van der Waals surface area contributed by atoms with Crippen molar-refractivity contribution in [1.82, 2.24) is 10.9 Å². The monoisotopic (exact) mass is 292 g/mol. The summed E-state index contributed by atoms with van der Waals surface area (Å²) in [6, 6.07) is 7.56. The van der Waals surface area contributed by atoms with E-state index in [0.29, 0.717) is 12.2 Å². The Morgan fingerprint density at radius 1 is 1.05 bits per heavy atom. The van der Waals surface area contributed by atoms with Crippen molar-refractivity contribution in [2.24, 2.45) is 5.41 Å². The molecule has 0 radical (unpaired) electrons. The zero-order chi connectivity index (χ0) is 15.9. The first kappa shape index (κ1) is 17.0. The van der Waals surface area contributed by atoms with Crippen LogP contribution >= 0.6 is 0 Å². The average Bonchev–Trinajstić information content (AvgIpc) is 2.41. The first-order chi connectivity index (χ1) is 9.80. The minimum Gasteiger partial charge on any atom is -0.484 e. The number of carbonyl (C=O) groups excluding carboxylic acids is 2. The number of ether oxygens (including phenoxy) is 1. The maximum absolute atomic E-state index is 11.6. The summed E-state index contributed by atoms with van der Waals surface area (Å²) in [4.78, 5) is 23.1. The molecule has 1 aromatic carbocycles. The van der Waals surface area contributed by atoms with Crippen molar-refractivity contribution in [2.75, 3.05) is 6.61 Å². The van der Waals surface area contributed by atoms with Crippen LogP contribution in [0.15, 0.2) is 24.3 Å². The number of nitrogens with one attached hydrogen (secondary N) is 2. The van der Waals surface area contributed by atoms with E-state index in [1.807, 2.05) is 45.0 Å². The number of hydrogen-bond donors (Lipinski definition) is 2. The normalized spacial score (nSPS) is 10.9. The van der Waals surface area contributed by atoms with E-state index in [0.717, 1.165) is 6.42 Å². The molecule has 0 saturated heterocycles. The van der Waals surface area contributed by atoms with Gasteiger partial charge in [0.2, 0.25) is 5.91 Å². The van der Waals surface area contributed by atoms with Gasteiger partial charge < -0.3 is 4.74 Å². The van der Waals surface area contributed by atoms with E-state index >= 15 is 0 Å². The lowest BCUT2D eigenvalue weighted by Gasteiger charge is -2.17. The van der Waals surface area contributed by atoms with E-state index in [2.05, 4.69) is 17.8 Å². The van der Waals surface area contributed by atoms with Gasteiger partial charge >= 0.3 is 0 Å². The van der Waals surface area contributed by atoms with Gasteiger partial charge in [-0.25, -0.2) is 0 Å². The Morgan fingerprint density at radius 3 is 2.14 bits per heavy atom. The van der Waals surface area contributed by atoms with E-state index in [1.54, 1.807) is 0 Å². The summed E-state index contributed by atoms with van der Waals surface area (Å²) in [6.07, 6.45) is 1.30. The van der Waals surface area contributed by atoms with Crippen LogP contribution in [0.4, 0.5) is 0 Å². The Balaban J connectivity index is 2.29. The lowest BCUT2D eigenvalue weighted by atomic mass is 9.92. The summed E-state index contributed by atoms with van der Waals surface area (Å²) in [6.45, 7) is 7.80. The molecule has 0 atom stereocenters. The molecule has 0 aliphatic heterocycles. The topological polar surface area (TPSA) is 67.4 Å². The van der Waals surface area contributed by atoms with Gasteiger partial charge in [-0.05, 0) is 29.5 Å². The summed E-state index contributed by atoms with van der Waals surface area (Å²) in [7, 11) is 0. The molecule has 116 valence electrons. The van der Waals surface area contributed by atoms with Crippen molar-refractivity contribution < 1.29 is 14.3 Å². The van der Waals surface area contributed by atoms with Gasteiger partial charge in [0.25, 0.3) is 5.91 Å². The first-order valence-electron chi connectivity index (χ1n) is 7.09. The lowest BCUT2D eigenvalue weighted by molar-refractivity contribution is -0.130. The van der Waals surface area contributed by atoms with Crippen molar-refractivity contribution >= 4 is 11.8 Å². The fourth-order valence-corrected chi connectivity index (χ4v) is 1.67. The van der Waals surface area contributed by atoms with Gasteiger partial charge in [0, 0.05) is 6.42 Å². The predicted molar refractivity (Wildman–Crippen MR) is 81.7 cm³/mol. The molecule has 0 unspecified atom stereocenters. The van der Waals surface area contributed by atoms with Crippen LogP contribution in [0.3, 0.4) is 0 Å². The number of hydrazine groups is 1. The van der Waals surface area contributed by atoms with Crippen molar-refractivity contribution in [3.05, 3.63) is 29.8 Å². The van der Waals surface area contributed by atoms with Gasteiger partial charge in [-0.1, -0.05) is 39.8 Å². The van der Waals surface area contributed by atoms with Gasteiger partial charge in [-0.15, -0.1) is 0 Å². The fraction of sp³-hybridized carbons (Fsp3) is 0.500. The second-order valence-electron chi connectivity index (χ2n) is 6.12.